The molecule has 2 N–H and O–H groups in total. The second kappa shape index (κ2) is 9.51. The number of ether oxygens (including phenoxy) is 2. The van der Waals surface area contributed by atoms with Crippen LogP contribution < -0.4 is 20.1 Å². The van der Waals surface area contributed by atoms with Gasteiger partial charge in [-0.15, -0.1) is 0 Å². The van der Waals surface area contributed by atoms with E-state index in [2.05, 4.69) is 10.6 Å². The molecule has 2 aromatic rings. The smallest absolute Gasteiger partial charge is 0.325 e. The predicted octanol–water partition coefficient (Wildman–Crippen LogP) is 2.98. The third kappa shape index (κ3) is 5.14. The van der Waals surface area contributed by atoms with Gasteiger partial charge in [0.2, 0.25) is 5.91 Å². The Hall–Kier alpha value is -3.55. The van der Waals surface area contributed by atoms with Crippen molar-refractivity contribution in [3.63, 3.8) is 0 Å². The maximum absolute atomic E-state index is 12.9. The first-order valence-corrected chi connectivity index (χ1v) is 10.1. The van der Waals surface area contributed by atoms with Gasteiger partial charge in [-0.3, -0.25) is 14.5 Å². The minimum absolute atomic E-state index is 0.374. The van der Waals surface area contributed by atoms with Crippen LogP contribution in [0.5, 0.6) is 11.5 Å². The SMILES string of the molecule is CCOc1ccc(NC(=O)CN2C(=O)N[C@](C)(CCc3ccccc3)C2=O)cc1OC. The summed E-state index contributed by atoms with van der Waals surface area (Å²) in [4.78, 5) is 38.7. The lowest BCUT2D eigenvalue weighted by Crippen LogP contribution is -2.45. The van der Waals surface area contributed by atoms with Gasteiger partial charge < -0.3 is 20.1 Å². The van der Waals surface area contributed by atoms with Gasteiger partial charge in [0.1, 0.15) is 12.1 Å². The normalized spacial score (nSPS) is 18.0. The highest BCUT2D eigenvalue weighted by atomic mass is 16.5. The molecule has 0 spiro atoms. The summed E-state index contributed by atoms with van der Waals surface area (Å²) >= 11 is 0. The fraction of sp³-hybridized carbons (Fsp3) is 0.348. The molecule has 0 radical (unpaired) electrons. The second-order valence-corrected chi connectivity index (χ2v) is 7.49. The summed E-state index contributed by atoms with van der Waals surface area (Å²) in [6, 6.07) is 14.1. The maximum atomic E-state index is 12.9. The average Bonchev–Trinajstić information content (AvgIpc) is 2.97. The van der Waals surface area contributed by atoms with Gasteiger partial charge in [-0.2, -0.15) is 0 Å². The quantitative estimate of drug-likeness (QED) is 0.602. The number of carbonyl (C=O) groups excluding carboxylic acids is 3. The molecule has 1 heterocycles. The highest BCUT2D eigenvalue weighted by Gasteiger charge is 2.47. The molecule has 0 saturated carbocycles. The van der Waals surface area contributed by atoms with Gasteiger partial charge in [0, 0.05) is 11.8 Å². The molecule has 8 nitrogen and oxygen atoms in total. The lowest BCUT2D eigenvalue weighted by atomic mass is 9.93. The van der Waals surface area contributed by atoms with Crippen LogP contribution in [0.25, 0.3) is 0 Å². The Bertz CT molecular complexity index is 963. The van der Waals surface area contributed by atoms with Crippen LogP contribution in [0.1, 0.15) is 25.8 Å². The summed E-state index contributed by atoms with van der Waals surface area (Å²) in [6.45, 7) is 3.66. The molecule has 1 aliphatic rings. The molecule has 1 atom stereocenters. The summed E-state index contributed by atoms with van der Waals surface area (Å²) in [5.41, 5.74) is 0.505. The number of hydrogen-bond acceptors (Lipinski definition) is 5. The zero-order valence-corrected chi connectivity index (χ0v) is 17.9. The molecule has 8 heteroatoms. The molecule has 0 aliphatic carbocycles. The van der Waals surface area contributed by atoms with Crippen molar-refractivity contribution in [2.75, 3.05) is 25.6 Å². The number of urea groups is 1. The van der Waals surface area contributed by atoms with Gasteiger partial charge in [0.25, 0.3) is 5.91 Å². The topological polar surface area (TPSA) is 97.0 Å². The van der Waals surface area contributed by atoms with Crippen LogP contribution in [-0.2, 0) is 16.0 Å². The molecule has 164 valence electrons. The standard InChI is InChI=1S/C23H27N3O5/c1-4-31-18-11-10-17(14-19(18)30-3)24-20(27)15-26-21(28)23(2,25-22(26)29)13-12-16-8-6-5-7-9-16/h5-11,14H,4,12-13,15H2,1-3H3,(H,24,27)(H,25,29)/t23-/m1/s1. The number of benzene rings is 2. The van der Waals surface area contributed by atoms with Crippen molar-refractivity contribution in [1.29, 1.82) is 0 Å². The Morgan fingerprint density at radius 1 is 1.13 bits per heavy atom. The number of carbonyl (C=O) groups is 3. The molecule has 0 aromatic heterocycles. The molecule has 4 amide bonds. The van der Waals surface area contributed by atoms with E-state index in [4.69, 9.17) is 9.47 Å². The van der Waals surface area contributed by atoms with E-state index in [0.29, 0.717) is 36.6 Å². The number of nitrogens with one attached hydrogen (secondary N) is 2. The van der Waals surface area contributed by atoms with Crippen molar-refractivity contribution in [2.45, 2.75) is 32.2 Å². The fourth-order valence-corrected chi connectivity index (χ4v) is 3.46. The van der Waals surface area contributed by atoms with Crippen molar-refractivity contribution < 1.29 is 23.9 Å². The molecule has 0 bridgehead atoms. The minimum Gasteiger partial charge on any atom is -0.493 e. The van der Waals surface area contributed by atoms with Crippen LogP contribution in [0.2, 0.25) is 0 Å². The van der Waals surface area contributed by atoms with Gasteiger partial charge in [-0.05, 0) is 44.4 Å². The summed E-state index contributed by atoms with van der Waals surface area (Å²) in [5, 5.41) is 5.42. The zero-order valence-electron chi connectivity index (χ0n) is 17.9. The molecule has 1 saturated heterocycles. The van der Waals surface area contributed by atoms with Gasteiger partial charge in [0.05, 0.1) is 13.7 Å². The fourth-order valence-electron chi connectivity index (χ4n) is 3.46. The van der Waals surface area contributed by atoms with Crippen LogP contribution >= 0.6 is 0 Å². The molecular weight excluding hydrogens is 398 g/mol. The van der Waals surface area contributed by atoms with Crippen LogP contribution in [-0.4, -0.2) is 48.5 Å². The Morgan fingerprint density at radius 3 is 2.55 bits per heavy atom. The van der Waals surface area contributed by atoms with Gasteiger partial charge in [-0.1, -0.05) is 30.3 Å². The monoisotopic (exact) mass is 425 g/mol. The van der Waals surface area contributed by atoms with E-state index in [9.17, 15) is 14.4 Å². The van der Waals surface area contributed by atoms with E-state index < -0.39 is 23.4 Å². The van der Waals surface area contributed by atoms with E-state index >= 15 is 0 Å². The van der Waals surface area contributed by atoms with Crippen molar-refractivity contribution in [1.82, 2.24) is 10.2 Å². The summed E-state index contributed by atoms with van der Waals surface area (Å²) in [7, 11) is 1.51. The number of amides is 4. The third-order valence-corrected chi connectivity index (χ3v) is 5.15. The number of aryl methyl sites for hydroxylation is 1. The molecule has 1 fully saturated rings. The second-order valence-electron chi connectivity index (χ2n) is 7.49. The number of methoxy groups -OCH3 is 1. The summed E-state index contributed by atoms with van der Waals surface area (Å²) in [5.74, 6) is 0.143. The van der Waals surface area contributed by atoms with Gasteiger partial charge in [0.15, 0.2) is 11.5 Å². The molecular formula is C23H27N3O5. The first-order valence-electron chi connectivity index (χ1n) is 10.1. The van der Waals surface area contributed by atoms with Gasteiger partial charge >= 0.3 is 6.03 Å². The minimum atomic E-state index is -1.05. The Kier molecular flexibility index (Phi) is 6.79. The number of nitrogens with zero attached hydrogens (tertiary/aromatic N) is 1. The largest absolute Gasteiger partial charge is 0.493 e. The number of imide groups is 1. The predicted molar refractivity (Wildman–Crippen MR) is 116 cm³/mol. The van der Waals surface area contributed by atoms with Crippen molar-refractivity contribution in [3.05, 3.63) is 54.1 Å². The Balaban J connectivity index is 1.62. The third-order valence-electron chi connectivity index (χ3n) is 5.15. The van der Waals surface area contributed by atoms with Gasteiger partial charge in [-0.25, -0.2) is 4.79 Å². The van der Waals surface area contributed by atoms with E-state index in [1.54, 1.807) is 25.1 Å². The lowest BCUT2D eigenvalue weighted by Gasteiger charge is -2.21. The average molecular weight is 425 g/mol. The molecule has 1 aliphatic heterocycles. The van der Waals surface area contributed by atoms with E-state index in [-0.39, 0.29) is 6.54 Å². The zero-order chi connectivity index (χ0) is 22.4. The highest BCUT2D eigenvalue weighted by molar-refractivity contribution is 6.09. The molecule has 3 rings (SSSR count). The van der Waals surface area contributed by atoms with Crippen LogP contribution in [0.15, 0.2) is 48.5 Å². The molecule has 0 unspecified atom stereocenters. The maximum Gasteiger partial charge on any atom is 0.325 e. The van der Waals surface area contributed by atoms with Crippen molar-refractivity contribution in [2.24, 2.45) is 0 Å². The lowest BCUT2D eigenvalue weighted by molar-refractivity contribution is -0.133. The highest BCUT2D eigenvalue weighted by Crippen LogP contribution is 2.30. The summed E-state index contributed by atoms with van der Waals surface area (Å²) < 4.78 is 10.7. The number of hydrogen-bond donors (Lipinski definition) is 2. The first-order chi connectivity index (χ1) is 14.9. The summed E-state index contributed by atoms with van der Waals surface area (Å²) in [6.07, 6.45) is 1.07. The van der Waals surface area contributed by atoms with Crippen molar-refractivity contribution in [3.8, 4) is 11.5 Å². The number of rotatable bonds is 9. The molecule has 31 heavy (non-hydrogen) atoms. The Morgan fingerprint density at radius 2 is 1.87 bits per heavy atom. The van der Waals surface area contributed by atoms with Crippen LogP contribution in [0.3, 0.4) is 0 Å². The van der Waals surface area contributed by atoms with E-state index in [1.165, 1.54) is 7.11 Å². The first kappa shape index (κ1) is 22.1. The molecule has 2 aromatic carbocycles. The van der Waals surface area contributed by atoms with E-state index in [0.717, 1.165) is 10.5 Å². The Labute approximate surface area is 181 Å². The number of anilines is 1. The van der Waals surface area contributed by atoms with E-state index in [1.807, 2.05) is 37.3 Å². The van der Waals surface area contributed by atoms with Crippen LogP contribution in [0, 0.1) is 0 Å². The van der Waals surface area contributed by atoms with Crippen molar-refractivity contribution >= 4 is 23.5 Å². The van der Waals surface area contributed by atoms with Crippen LogP contribution in [0.4, 0.5) is 10.5 Å².